The normalized spacial score (nSPS) is 14.6. The molecule has 19 heavy (non-hydrogen) atoms. The van der Waals surface area contributed by atoms with Crippen LogP contribution in [0.5, 0.6) is 5.75 Å². The molecule has 1 aromatic rings. The molecule has 0 spiro atoms. The Hall–Kier alpha value is -2.08. The summed E-state index contributed by atoms with van der Waals surface area (Å²) in [6, 6.07) is 4.94. The van der Waals surface area contributed by atoms with E-state index in [9.17, 15) is 9.59 Å². The topological polar surface area (TPSA) is 88.0 Å². The lowest BCUT2D eigenvalue weighted by Gasteiger charge is -2.13. The molecule has 0 saturated carbocycles. The lowest BCUT2D eigenvalue weighted by molar-refractivity contribution is -0.139. The molecule has 1 amide bonds. The van der Waals surface area contributed by atoms with E-state index < -0.39 is 12.6 Å². The first-order valence-electron chi connectivity index (χ1n) is 5.56. The highest BCUT2D eigenvalue weighted by molar-refractivity contribution is 6.32. The van der Waals surface area contributed by atoms with Gasteiger partial charge in [0.15, 0.2) is 6.61 Å². The van der Waals surface area contributed by atoms with Gasteiger partial charge in [-0.3, -0.25) is 4.79 Å². The fourth-order valence-corrected chi connectivity index (χ4v) is 1.85. The quantitative estimate of drug-likeness (QED) is 0.874. The van der Waals surface area contributed by atoms with Gasteiger partial charge in [0, 0.05) is 12.8 Å². The summed E-state index contributed by atoms with van der Waals surface area (Å²) in [4.78, 5) is 21.4. The van der Waals surface area contributed by atoms with E-state index in [1.54, 1.807) is 18.2 Å². The van der Waals surface area contributed by atoms with Crippen molar-refractivity contribution >= 4 is 29.2 Å². The number of rotatable bonds is 4. The lowest BCUT2D eigenvalue weighted by atomic mass is 10.0. The van der Waals surface area contributed by atoms with Gasteiger partial charge in [-0.1, -0.05) is 11.6 Å². The van der Waals surface area contributed by atoms with E-state index in [0.29, 0.717) is 23.6 Å². The lowest BCUT2D eigenvalue weighted by Crippen LogP contribution is -2.25. The molecule has 1 aliphatic heterocycles. The summed E-state index contributed by atoms with van der Waals surface area (Å²) in [5, 5.41) is 12.8. The number of amides is 1. The molecule has 0 aliphatic carbocycles. The van der Waals surface area contributed by atoms with E-state index in [4.69, 9.17) is 21.4 Å². The van der Waals surface area contributed by atoms with E-state index in [2.05, 4.69) is 10.5 Å². The van der Waals surface area contributed by atoms with E-state index in [0.717, 1.165) is 11.3 Å². The van der Waals surface area contributed by atoms with Crippen LogP contribution in [0.1, 0.15) is 18.4 Å². The number of carbonyl (C=O) groups is 2. The third-order valence-electron chi connectivity index (χ3n) is 2.52. The summed E-state index contributed by atoms with van der Waals surface area (Å²) < 4.78 is 5.02. The van der Waals surface area contributed by atoms with Crippen molar-refractivity contribution in [3.05, 3.63) is 28.8 Å². The van der Waals surface area contributed by atoms with Crippen LogP contribution in [0.25, 0.3) is 0 Å². The van der Waals surface area contributed by atoms with Crippen molar-refractivity contribution < 1.29 is 19.4 Å². The standard InChI is InChI=1S/C12H11ClN2O4/c13-8-5-7(9-2-4-11(16)15-14-9)1-3-10(8)19-6-12(17)18/h1,3,5H,2,4,6H2,(H,15,16)(H,17,18). The Morgan fingerprint density at radius 2 is 2.26 bits per heavy atom. The van der Waals surface area contributed by atoms with Crippen molar-refractivity contribution in [3.63, 3.8) is 0 Å². The molecule has 2 rings (SSSR count). The first-order valence-corrected chi connectivity index (χ1v) is 5.94. The fraction of sp³-hybridized carbons (Fsp3) is 0.250. The van der Waals surface area contributed by atoms with Crippen LogP contribution in [0.3, 0.4) is 0 Å². The maximum absolute atomic E-state index is 11.0. The molecule has 0 unspecified atom stereocenters. The Kier molecular flexibility index (Phi) is 4.01. The predicted octanol–water partition coefficient (Wildman–Crippen LogP) is 1.42. The number of hydrogen-bond acceptors (Lipinski definition) is 4. The third-order valence-corrected chi connectivity index (χ3v) is 2.82. The number of nitrogens with one attached hydrogen (secondary N) is 1. The van der Waals surface area contributed by atoms with Crippen LogP contribution in [-0.4, -0.2) is 29.3 Å². The number of nitrogens with zero attached hydrogens (tertiary/aromatic N) is 1. The highest BCUT2D eigenvalue weighted by Crippen LogP contribution is 2.26. The summed E-state index contributed by atoms with van der Waals surface area (Å²) in [5.74, 6) is -0.885. The molecule has 0 aromatic heterocycles. The molecule has 1 aromatic carbocycles. The van der Waals surface area contributed by atoms with E-state index in [-0.39, 0.29) is 5.91 Å². The number of carboxylic acid groups (broad SMARTS) is 1. The third kappa shape index (κ3) is 3.45. The van der Waals surface area contributed by atoms with Crippen LogP contribution in [0, 0.1) is 0 Å². The van der Waals surface area contributed by atoms with E-state index in [1.807, 2.05) is 0 Å². The molecular formula is C12H11ClN2O4. The van der Waals surface area contributed by atoms with Crippen LogP contribution in [0.2, 0.25) is 5.02 Å². The van der Waals surface area contributed by atoms with Gasteiger partial charge in [-0.05, 0) is 23.8 Å². The van der Waals surface area contributed by atoms with Crippen LogP contribution in [-0.2, 0) is 9.59 Å². The second-order valence-electron chi connectivity index (χ2n) is 3.92. The average molecular weight is 283 g/mol. The number of hydrazone groups is 1. The van der Waals surface area contributed by atoms with Crippen LogP contribution in [0.15, 0.2) is 23.3 Å². The summed E-state index contributed by atoms with van der Waals surface area (Å²) in [5.41, 5.74) is 3.90. The SMILES string of the molecule is O=C(O)COc1ccc(C2=NNC(=O)CC2)cc1Cl. The molecule has 100 valence electrons. The van der Waals surface area contributed by atoms with Crippen LogP contribution < -0.4 is 10.2 Å². The highest BCUT2D eigenvalue weighted by Gasteiger charge is 2.14. The predicted molar refractivity (Wildman–Crippen MR) is 68.5 cm³/mol. The first-order chi connectivity index (χ1) is 9.06. The van der Waals surface area contributed by atoms with Crippen LogP contribution >= 0.6 is 11.6 Å². The Morgan fingerprint density at radius 3 is 2.84 bits per heavy atom. The van der Waals surface area contributed by atoms with E-state index >= 15 is 0 Å². The summed E-state index contributed by atoms with van der Waals surface area (Å²) in [6.45, 7) is -0.448. The van der Waals surface area contributed by atoms with Gasteiger partial charge in [0.1, 0.15) is 5.75 Å². The van der Waals surface area contributed by atoms with Crippen LogP contribution in [0.4, 0.5) is 0 Å². The number of aliphatic carboxylic acids is 1. The summed E-state index contributed by atoms with van der Waals surface area (Å²) in [7, 11) is 0. The molecule has 1 heterocycles. The average Bonchev–Trinajstić information content (AvgIpc) is 2.38. The molecule has 0 saturated heterocycles. The van der Waals surface area contributed by atoms with Gasteiger partial charge in [-0.25, -0.2) is 10.2 Å². The van der Waals surface area contributed by atoms with Gasteiger partial charge in [0.05, 0.1) is 10.7 Å². The second-order valence-corrected chi connectivity index (χ2v) is 4.33. The zero-order chi connectivity index (χ0) is 13.8. The molecule has 0 bridgehead atoms. The largest absolute Gasteiger partial charge is 0.480 e. The van der Waals surface area contributed by atoms with Crippen molar-refractivity contribution in [2.24, 2.45) is 5.10 Å². The van der Waals surface area contributed by atoms with Crippen molar-refractivity contribution in [2.45, 2.75) is 12.8 Å². The Bertz CT molecular complexity index is 557. The Balaban J connectivity index is 2.14. The summed E-state index contributed by atoms with van der Waals surface area (Å²) >= 11 is 6.00. The maximum Gasteiger partial charge on any atom is 0.341 e. The molecule has 0 atom stereocenters. The number of carboxylic acids is 1. The zero-order valence-electron chi connectivity index (χ0n) is 9.85. The van der Waals surface area contributed by atoms with Crippen molar-refractivity contribution in [3.8, 4) is 5.75 Å². The molecule has 2 N–H and O–H groups in total. The van der Waals surface area contributed by atoms with Gasteiger partial charge < -0.3 is 9.84 Å². The zero-order valence-corrected chi connectivity index (χ0v) is 10.6. The van der Waals surface area contributed by atoms with Gasteiger partial charge in [-0.2, -0.15) is 5.10 Å². The van der Waals surface area contributed by atoms with Gasteiger partial charge in [-0.15, -0.1) is 0 Å². The molecule has 7 heteroatoms. The number of benzene rings is 1. The Morgan fingerprint density at radius 1 is 1.47 bits per heavy atom. The van der Waals surface area contributed by atoms with Gasteiger partial charge in [0.25, 0.3) is 0 Å². The fourth-order valence-electron chi connectivity index (χ4n) is 1.62. The monoisotopic (exact) mass is 282 g/mol. The highest BCUT2D eigenvalue weighted by atomic mass is 35.5. The molecule has 0 radical (unpaired) electrons. The molecule has 0 fully saturated rings. The van der Waals surface area contributed by atoms with Gasteiger partial charge in [0.2, 0.25) is 5.91 Å². The second kappa shape index (κ2) is 5.71. The minimum absolute atomic E-state index is 0.115. The molecular weight excluding hydrogens is 272 g/mol. The molecule has 1 aliphatic rings. The minimum Gasteiger partial charge on any atom is -0.480 e. The van der Waals surface area contributed by atoms with Crippen molar-refractivity contribution in [1.82, 2.24) is 5.43 Å². The smallest absolute Gasteiger partial charge is 0.341 e. The number of ether oxygens (including phenoxy) is 1. The maximum atomic E-state index is 11.0. The number of hydrogen-bond donors (Lipinski definition) is 2. The van der Waals surface area contributed by atoms with Gasteiger partial charge >= 0.3 is 5.97 Å². The Labute approximate surface area is 114 Å². The first kappa shape index (κ1) is 13.4. The van der Waals surface area contributed by atoms with Crippen molar-refractivity contribution in [2.75, 3.05) is 6.61 Å². The minimum atomic E-state index is -1.07. The number of carbonyl (C=O) groups excluding carboxylic acids is 1. The summed E-state index contributed by atoms with van der Waals surface area (Å²) in [6.07, 6.45) is 0.922. The van der Waals surface area contributed by atoms with Crippen molar-refractivity contribution in [1.29, 1.82) is 0 Å². The number of halogens is 1. The molecule has 6 nitrogen and oxygen atoms in total. The van der Waals surface area contributed by atoms with E-state index in [1.165, 1.54) is 0 Å².